The van der Waals surface area contributed by atoms with Crippen LogP contribution in [0.25, 0.3) is 0 Å². The molecule has 178 valence electrons. The number of carbonyl (C=O) groups excluding carboxylic acids is 2. The molecule has 2 aliphatic rings. The van der Waals surface area contributed by atoms with Crippen LogP contribution in [0.1, 0.15) is 59.6 Å². The first-order chi connectivity index (χ1) is 14.9. The Morgan fingerprint density at radius 1 is 0.969 bits per heavy atom. The maximum Gasteiger partial charge on any atom is 0.408 e. The number of nitrogens with one attached hydrogen (secondary N) is 1. The van der Waals surface area contributed by atoms with Crippen molar-refractivity contribution >= 4 is 17.7 Å². The Kier molecular flexibility index (Phi) is 7.05. The van der Waals surface area contributed by atoms with Gasteiger partial charge in [0.05, 0.1) is 19.8 Å². The number of nitrogens with zero attached hydrogens (tertiary/aromatic N) is 1. The fourth-order valence-corrected chi connectivity index (χ4v) is 3.92. The molecule has 32 heavy (non-hydrogen) atoms. The van der Waals surface area contributed by atoms with Gasteiger partial charge in [-0.1, -0.05) is 12.1 Å². The van der Waals surface area contributed by atoms with Crippen LogP contribution in [0.15, 0.2) is 24.3 Å². The Hall–Kier alpha value is -2.32. The number of morpholine rings is 1. The molecule has 8 heteroatoms. The topological polar surface area (TPSA) is 86.3 Å². The molecule has 0 spiro atoms. The van der Waals surface area contributed by atoms with Gasteiger partial charge in [-0.2, -0.15) is 0 Å². The first-order valence-electron chi connectivity index (χ1n) is 11.2. The van der Waals surface area contributed by atoms with E-state index in [-0.39, 0.29) is 6.42 Å². The van der Waals surface area contributed by atoms with Crippen molar-refractivity contribution in [3.05, 3.63) is 29.8 Å². The van der Waals surface area contributed by atoms with E-state index in [0.717, 1.165) is 24.3 Å². The zero-order chi connectivity index (χ0) is 23.6. The zero-order valence-corrected chi connectivity index (χ0v) is 20.0. The number of ether oxygens (including phenoxy) is 4. The fourth-order valence-electron chi connectivity index (χ4n) is 3.92. The summed E-state index contributed by atoms with van der Waals surface area (Å²) in [5.41, 5.74) is -0.920. The Balaban J connectivity index is 1.89. The number of carbonyl (C=O) groups is 2. The number of alkyl carbamates (subject to hydrolysis) is 1. The van der Waals surface area contributed by atoms with Gasteiger partial charge in [-0.05, 0) is 59.2 Å². The predicted octanol–water partition coefficient (Wildman–Crippen LogP) is 3.59. The van der Waals surface area contributed by atoms with Crippen LogP contribution >= 0.6 is 0 Å². The van der Waals surface area contributed by atoms with Gasteiger partial charge in [-0.25, -0.2) is 9.59 Å². The van der Waals surface area contributed by atoms with Crippen molar-refractivity contribution in [1.82, 2.24) is 5.32 Å². The Labute approximate surface area is 190 Å². The summed E-state index contributed by atoms with van der Waals surface area (Å²) >= 11 is 0. The third-order valence-electron chi connectivity index (χ3n) is 5.29. The molecule has 2 heterocycles. The molecule has 2 saturated heterocycles. The van der Waals surface area contributed by atoms with E-state index in [9.17, 15) is 9.59 Å². The quantitative estimate of drug-likeness (QED) is 0.705. The highest BCUT2D eigenvalue weighted by molar-refractivity contribution is 5.87. The van der Waals surface area contributed by atoms with E-state index >= 15 is 0 Å². The second-order valence-corrected chi connectivity index (χ2v) is 10.3. The summed E-state index contributed by atoms with van der Waals surface area (Å²) < 4.78 is 22.6. The van der Waals surface area contributed by atoms with Crippen molar-refractivity contribution in [3.8, 4) is 0 Å². The molecule has 0 unspecified atom stereocenters. The average molecular weight is 449 g/mol. The number of rotatable bonds is 4. The van der Waals surface area contributed by atoms with E-state index in [2.05, 4.69) is 10.2 Å². The van der Waals surface area contributed by atoms with Crippen molar-refractivity contribution < 1.29 is 28.5 Å². The molecule has 2 atom stereocenters. The largest absolute Gasteiger partial charge is 0.458 e. The third-order valence-corrected chi connectivity index (χ3v) is 5.29. The molecule has 0 aromatic heterocycles. The normalized spacial score (nSPS) is 24.2. The van der Waals surface area contributed by atoms with Crippen LogP contribution in [0.2, 0.25) is 0 Å². The number of amides is 1. The molecule has 2 aliphatic heterocycles. The number of esters is 1. The van der Waals surface area contributed by atoms with Crippen LogP contribution in [0, 0.1) is 0 Å². The summed E-state index contributed by atoms with van der Waals surface area (Å²) in [7, 11) is 0. The average Bonchev–Trinajstić information content (AvgIpc) is 3.10. The Bertz CT molecular complexity index is 805. The van der Waals surface area contributed by atoms with Crippen LogP contribution in [-0.2, 0) is 23.7 Å². The van der Waals surface area contributed by atoms with Crippen LogP contribution in [0.3, 0.4) is 0 Å². The summed E-state index contributed by atoms with van der Waals surface area (Å²) in [6, 6.07) is 7.90. The monoisotopic (exact) mass is 448 g/mol. The van der Waals surface area contributed by atoms with E-state index < -0.39 is 34.9 Å². The van der Waals surface area contributed by atoms with Crippen LogP contribution in [0.4, 0.5) is 10.5 Å². The zero-order valence-electron chi connectivity index (χ0n) is 20.0. The molecule has 0 bridgehead atoms. The van der Waals surface area contributed by atoms with Crippen molar-refractivity contribution in [2.75, 3.05) is 37.8 Å². The van der Waals surface area contributed by atoms with Crippen LogP contribution in [-0.4, -0.2) is 61.7 Å². The lowest BCUT2D eigenvalue weighted by molar-refractivity contribution is -0.166. The van der Waals surface area contributed by atoms with Gasteiger partial charge in [0, 0.05) is 25.2 Å². The molecule has 1 N–H and O–H groups in total. The van der Waals surface area contributed by atoms with Gasteiger partial charge in [-0.15, -0.1) is 0 Å². The Morgan fingerprint density at radius 3 is 2.12 bits per heavy atom. The van der Waals surface area contributed by atoms with Gasteiger partial charge < -0.3 is 29.2 Å². The highest BCUT2D eigenvalue weighted by Gasteiger charge is 2.55. The lowest BCUT2D eigenvalue weighted by atomic mass is 9.86. The Morgan fingerprint density at radius 2 is 1.56 bits per heavy atom. The second-order valence-electron chi connectivity index (χ2n) is 10.3. The van der Waals surface area contributed by atoms with E-state index in [1.165, 1.54) is 0 Å². The summed E-state index contributed by atoms with van der Waals surface area (Å²) in [4.78, 5) is 28.4. The minimum absolute atomic E-state index is 0.289. The standard InChI is InChI=1S/C24H36N2O6/c1-22(2,3)31-20(27)24(25-21(28)32-23(4,5)6)11-14-30-19(24)17-7-9-18(10-8-17)26-12-15-29-16-13-26/h7-10,19H,11-16H2,1-6H3,(H,25,28)/t19-,24+/m1/s1. The molecular weight excluding hydrogens is 412 g/mol. The maximum atomic E-state index is 13.4. The van der Waals surface area contributed by atoms with Gasteiger partial charge in [0.2, 0.25) is 0 Å². The summed E-state index contributed by atoms with van der Waals surface area (Å²) in [5.74, 6) is -0.532. The lowest BCUT2D eigenvalue weighted by Crippen LogP contribution is -2.59. The smallest absolute Gasteiger partial charge is 0.408 e. The minimum atomic E-state index is -1.38. The van der Waals surface area contributed by atoms with Gasteiger partial charge in [0.15, 0.2) is 5.54 Å². The highest BCUT2D eigenvalue weighted by Crippen LogP contribution is 2.41. The molecule has 3 rings (SSSR count). The molecular formula is C24H36N2O6. The number of benzene rings is 1. The van der Waals surface area contributed by atoms with Gasteiger partial charge in [0.1, 0.15) is 17.3 Å². The number of anilines is 1. The first-order valence-corrected chi connectivity index (χ1v) is 11.2. The molecule has 1 amide bonds. The van der Waals surface area contributed by atoms with Crippen molar-refractivity contribution in [2.45, 2.75) is 70.8 Å². The predicted molar refractivity (Wildman–Crippen MR) is 121 cm³/mol. The van der Waals surface area contributed by atoms with E-state index in [4.69, 9.17) is 18.9 Å². The first kappa shape index (κ1) is 24.3. The molecule has 1 aromatic carbocycles. The van der Waals surface area contributed by atoms with Crippen molar-refractivity contribution in [2.24, 2.45) is 0 Å². The summed E-state index contributed by atoms with van der Waals surface area (Å²) in [6.45, 7) is 14.1. The fraction of sp³-hybridized carbons (Fsp3) is 0.667. The molecule has 2 fully saturated rings. The van der Waals surface area contributed by atoms with E-state index in [1.807, 2.05) is 24.3 Å². The third kappa shape index (κ3) is 5.92. The summed E-state index contributed by atoms with van der Waals surface area (Å²) in [5, 5.41) is 2.81. The van der Waals surface area contributed by atoms with Crippen molar-refractivity contribution in [1.29, 1.82) is 0 Å². The van der Waals surface area contributed by atoms with Crippen molar-refractivity contribution in [3.63, 3.8) is 0 Å². The van der Waals surface area contributed by atoms with Gasteiger partial charge in [0.25, 0.3) is 0 Å². The summed E-state index contributed by atoms with van der Waals surface area (Å²) in [6.07, 6.45) is -1.08. The second kappa shape index (κ2) is 9.27. The van der Waals surface area contributed by atoms with E-state index in [0.29, 0.717) is 19.8 Å². The van der Waals surface area contributed by atoms with E-state index in [1.54, 1.807) is 41.5 Å². The molecule has 0 aliphatic carbocycles. The number of hydrogen-bond acceptors (Lipinski definition) is 7. The molecule has 8 nitrogen and oxygen atoms in total. The van der Waals surface area contributed by atoms with Gasteiger partial charge in [-0.3, -0.25) is 0 Å². The molecule has 0 radical (unpaired) electrons. The maximum absolute atomic E-state index is 13.4. The SMILES string of the molecule is CC(C)(C)OC(=O)N[C@@]1(C(=O)OC(C)(C)C)CCO[C@@H]1c1ccc(N2CCOCC2)cc1. The number of hydrogen-bond donors (Lipinski definition) is 1. The van der Waals surface area contributed by atoms with Crippen LogP contribution < -0.4 is 10.2 Å². The molecule has 0 saturated carbocycles. The van der Waals surface area contributed by atoms with Crippen LogP contribution in [0.5, 0.6) is 0 Å². The minimum Gasteiger partial charge on any atom is -0.458 e. The lowest BCUT2D eigenvalue weighted by Gasteiger charge is -2.36. The highest BCUT2D eigenvalue weighted by atomic mass is 16.6. The molecule has 1 aromatic rings. The van der Waals surface area contributed by atoms with Gasteiger partial charge >= 0.3 is 12.1 Å².